The Bertz CT molecular complexity index is 574. The standard InChI is InChI=1S/C15H15BrFNO/c1-10(12-8-7-11(16)9-13(12)17)18-14-5-3-4-6-15(14)19-2/h3-10,18H,1-2H3. The summed E-state index contributed by atoms with van der Waals surface area (Å²) in [6.45, 7) is 1.92. The minimum absolute atomic E-state index is 0.149. The highest BCUT2D eigenvalue weighted by molar-refractivity contribution is 9.10. The second-order valence-electron chi connectivity index (χ2n) is 4.23. The van der Waals surface area contributed by atoms with Gasteiger partial charge in [0.05, 0.1) is 18.8 Å². The van der Waals surface area contributed by atoms with E-state index in [1.54, 1.807) is 13.2 Å². The predicted octanol–water partition coefficient (Wildman–Crippen LogP) is 4.77. The number of hydrogen-bond acceptors (Lipinski definition) is 2. The monoisotopic (exact) mass is 323 g/mol. The van der Waals surface area contributed by atoms with Crippen molar-refractivity contribution in [3.8, 4) is 5.75 Å². The molecule has 0 aliphatic carbocycles. The van der Waals surface area contributed by atoms with Crippen LogP contribution in [0.15, 0.2) is 46.9 Å². The number of methoxy groups -OCH3 is 1. The van der Waals surface area contributed by atoms with Crippen molar-refractivity contribution in [2.75, 3.05) is 12.4 Å². The van der Waals surface area contributed by atoms with E-state index in [0.717, 1.165) is 15.9 Å². The molecule has 2 aromatic carbocycles. The minimum atomic E-state index is -0.232. The maximum atomic E-state index is 13.9. The molecule has 1 N–H and O–H groups in total. The minimum Gasteiger partial charge on any atom is -0.495 e. The van der Waals surface area contributed by atoms with Crippen LogP contribution in [0.3, 0.4) is 0 Å². The smallest absolute Gasteiger partial charge is 0.141 e. The molecule has 0 bridgehead atoms. The molecular weight excluding hydrogens is 309 g/mol. The number of para-hydroxylation sites is 2. The first-order valence-electron chi connectivity index (χ1n) is 5.96. The van der Waals surface area contributed by atoms with Crippen molar-refractivity contribution >= 4 is 21.6 Å². The zero-order valence-electron chi connectivity index (χ0n) is 10.8. The Hall–Kier alpha value is -1.55. The SMILES string of the molecule is COc1ccccc1NC(C)c1ccc(Br)cc1F. The van der Waals surface area contributed by atoms with Gasteiger partial charge in [-0.15, -0.1) is 0 Å². The molecule has 2 nitrogen and oxygen atoms in total. The first kappa shape index (κ1) is 13.9. The van der Waals surface area contributed by atoms with Crippen molar-refractivity contribution in [2.45, 2.75) is 13.0 Å². The summed E-state index contributed by atoms with van der Waals surface area (Å²) in [6.07, 6.45) is 0. The molecule has 100 valence electrons. The third-order valence-corrected chi connectivity index (χ3v) is 3.40. The molecule has 4 heteroatoms. The third-order valence-electron chi connectivity index (χ3n) is 2.91. The Morgan fingerprint density at radius 1 is 1.21 bits per heavy atom. The lowest BCUT2D eigenvalue weighted by Crippen LogP contribution is -2.09. The van der Waals surface area contributed by atoms with Crippen LogP contribution in [0.2, 0.25) is 0 Å². The fraction of sp³-hybridized carbons (Fsp3) is 0.200. The number of nitrogens with one attached hydrogen (secondary N) is 1. The largest absolute Gasteiger partial charge is 0.495 e. The first-order valence-corrected chi connectivity index (χ1v) is 6.75. The molecule has 0 saturated heterocycles. The molecule has 0 aliphatic heterocycles. The lowest BCUT2D eigenvalue weighted by molar-refractivity contribution is 0.416. The van der Waals surface area contributed by atoms with Gasteiger partial charge in [0.15, 0.2) is 0 Å². The van der Waals surface area contributed by atoms with Crippen molar-refractivity contribution in [3.05, 3.63) is 58.3 Å². The summed E-state index contributed by atoms with van der Waals surface area (Å²) in [5.74, 6) is 0.510. The van der Waals surface area contributed by atoms with Gasteiger partial charge in [-0.3, -0.25) is 0 Å². The van der Waals surface area contributed by atoms with Crippen molar-refractivity contribution in [3.63, 3.8) is 0 Å². The van der Waals surface area contributed by atoms with E-state index < -0.39 is 0 Å². The van der Waals surface area contributed by atoms with E-state index in [1.807, 2.05) is 37.3 Å². The highest BCUT2D eigenvalue weighted by Gasteiger charge is 2.12. The molecule has 0 saturated carbocycles. The quantitative estimate of drug-likeness (QED) is 0.875. The van der Waals surface area contributed by atoms with Gasteiger partial charge >= 0.3 is 0 Å². The maximum absolute atomic E-state index is 13.9. The van der Waals surface area contributed by atoms with Gasteiger partial charge in [0, 0.05) is 10.0 Å². The Balaban J connectivity index is 2.23. The Labute approximate surface area is 120 Å². The Morgan fingerprint density at radius 2 is 1.95 bits per heavy atom. The summed E-state index contributed by atoms with van der Waals surface area (Å²) in [5, 5.41) is 3.26. The Morgan fingerprint density at radius 3 is 2.63 bits per heavy atom. The lowest BCUT2D eigenvalue weighted by atomic mass is 10.1. The van der Waals surface area contributed by atoms with Crippen LogP contribution in [0.1, 0.15) is 18.5 Å². The zero-order valence-corrected chi connectivity index (χ0v) is 12.4. The molecule has 0 radical (unpaired) electrons. The second kappa shape index (κ2) is 6.06. The van der Waals surface area contributed by atoms with Gasteiger partial charge in [-0.1, -0.05) is 34.1 Å². The molecule has 2 aromatic rings. The van der Waals surface area contributed by atoms with Gasteiger partial charge in [0.1, 0.15) is 11.6 Å². The predicted molar refractivity (Wildman–Crippen MR) is 79.1 cm³/mol. The average Bonchev–Trinajstić information content (AvgIpc) is 2.39. The number of benzene rings is 2. The molecule has 0 heterocycles. The van der Waals surface area contributed by atoms with Crippen LogP contribution >= 0.6 is 15.9 Å². The highest BCUT2D eigenvalue weighted by atomic mass is 79.9. The molecule has 1 atom stereocenters. The molecule has 2 rings (SSSR count). The van der Waals surface area contributed by atoms with Crippen LogP contribution in [0.4, 0.5) is 10.1 Å². The number of anilines is 1. The summed E-state index contributed by atoms with van der Waals surface area (Å²) in [5.41, 5.74) is 1.47. The van der Waals surface area contributed by atoms with Crippen molar-refractivity contribution < 1.29 is 9.13 Å². The van der Waals surface area contributed by atoms with E-state index in [0.29, 0.717) is 5.56 Å². The molecular formula is C15H15BrFNO. The van der Waals surface area contributed by atoms with Crippen molar-refractivity contribution in [2.24, 2.45) is 0 Å². The normalized spacial score (nSPS) is 12.0. The number of halogens is 2. The van der Waals surface area contributed by atoms with Crippen molar-refractivity contribution in [1.29, 1.82) is 0 Å². The van der Waals surface area contributed by atoms with E-state index in [-0.39, 0.29) is 11.9 Å². The maximum Gasteiger partial charge on any atom is 0.141 e. The molecule has 0 aromatic heterocycles. The van der Waals surface area contributed by atoms with E-state index in [2.05, 4.69) is 21.2 Å². The van der Waals surface area contributed by atoms with Gasteiger partial charge in [0.25, 0.3) is 0 Å². The second-order valence-corrected chi connectivity index (χ2v) is 5.15. The summed E-state index contributed by atoms with van der Waals surface area (Å²) in [4.78, 5) is 0. The zero-order chi connectivity index (χ0) is 13.8. The van der Waals surface area contributed by atoms with E-state index in [4.69, 9.17) is 4.74 Å². The molecule has 19 heavy (non-hydrogen) atoms. The van der Waals surface area contributed by atoms with Crippen LogP contribution in [0, 0.1) is 5.82 Å². The number of ether oxygens (including phenoxy) is 1. The van der Waals surface area contributed by atoms with Crippen LogP contribution in [-0.2, 0) is 0 Å². The topological polar surface area (TPSA) is 21.3 Å². The average molecular weight is 324 g/mol. The first-order chi connectivity index (χ1) is 9.11. The molecule has 0 amide bonds. The fourth-order valence-corrected chi connectivity index (χ4v) is 2.26. The molecule has 0 spiro atoms. The van der Waals surface area contributed by atoms with Gasteiger partial charge in [-0.25, -0.2) is 4.39 Å². The highest BCUT2D eigenvalue weighted by Crippen LogP contribution is 2.29. The lowest BCUT2D eigenvalue weighted by Gasteiger charge is -2.18. The van der Waals surface area contributed by atoms with Gasteiger partial charge < -0.3 is 10.1 Å². The fourth-order valence-electron chi connectivity index (χ4n) is 1.93. The van der Waals surface area contributed by atoms with Gasteiger partial charge in [0.2, 0.25) is 0 Å². The van der Waals surface area contributed by atoms with Crippen LogP contribution < -0.4 is 10.1 Å². The molecule has 0 fully saturated rings. The summed E-state index contributed by atoms with van der Waals surface area (Å²) < 4.78 is 19.9. The number of hydrogen-bond donors (Lipinski definition) is 1. The van der Waals surface area contributed by atoms with Crippen LogP contribution in [0.5, 0.6) is 5.75 Å². The molecule has 1 unspecified atom stereocenters. The summed E-state index contributed by atoms with van der Waals surface area (Å²) >= 11 is 3.25. The number of rotatable bonds is 4. The van der Waals surface area contributed by atoms with Crippen LogP contribution in [-0.4, -0.2) is 7.11 Å². The summed E-state index contributed by atoms with van der Waals surface area (Å²) in [6, 6.07) is 12.5. The van der Waals surface area contributed by atoms with Gasteiger partial charge in [-0.2, -0.15) is 0 Å². The Kier molecular flexibility index (Phi) is 4.43. The third kappa shape index (κ3) is 3.26. The summed E-state index contributed by atoms with van der Waals surface area (Å²) in [7, 11) is 1.62. The van der Waals surface area contributed by atoms with E-state index in [9.17, 15) is 4.39 Å². The van der Waals surface area contributed by atoms with Crippen LogP contribution in [0.25, 0.3) is 0 Å². The van der Waals surface area contributed by atoms with Crippen molar-refractivity contribution in [1.82, 2.24) is 0 Å². The molecule has 0 aliphatic rings. The van der Waals surface area contributed by atoms with E-state index in [1.165, 1.54) is 6.07 Å². The van der Waals surface area contributed by atoms with E-state index >= 15 is 0 Å². The van der Waals surface area contributed by atoms with Gasteiger partial charge in [-0.05, 0) is 31.2 Å².